The Hall–Kier alpha value is -1.36. The standard InChI is InChI=1S/C16H27N3O2/c1-11(2)19-14(12-5-6-12)13(9-18-19)15(21)17-10-16(3,4)7-8-20/h9,11-12,20H,5-8,10H2,1-4H3,(H,17,21). The van der Waals surface area contributed by atoms with E-state index in [1.54, 1.807) is 6.20 Å². The second kappa shape index (κ2) is 6.18. The molecule has 0 spiro atoms. The molecule has 1 aliphatic carbocycles. The molecule has 118 valence electrons. The summed E-state index contributed by atoms with van der Waals surface area (Å²) in [6, 6.07) is 0.271. The first-order valence-electron chi connectivity index (χ1n) is 7.82. The lowest BCUT2D eigenvalue weighted by Gasteiger charge is -2.23. The number of aliphatic hydroxyl groups excluding tert-OH is 1. The smallest absolute Gasteiger partial charge is 0.254 e. The minimum Gasteiger partial charge on any atom is -0.396 e. The summed E-state index contributed by atoms with van der Waals surface area (Å²) in [5, 5.41) is 16.4. The molecule has 0 unspecified atom stereocenters. The second-order valence-electron chi connectivity index (χ2n) is 7.08. The van der Waals surface area contributed by atoms with Crippen LogP contribution in [0.1, 0.15) is 75.0 Å². The van der Waals surface area contributed by atoms with Crippen LogP contribution in [0.4, 0.5) is 0 Å². The topological polar surface area (TPSA) is 67.2 Å². The SMILES string of the molecule is CC(C)n1ncc(C(=O)NCC(C)(C)CCO)c1C1CC1. The molecular weight excluding hydrogens is 266 g/mol. The normalized spacial score (nSPS) is 15.5. The average Bonchev–Trinajstić information content (AvgIpc) is 3.14. The van der Waals surface area contributed by atoms with E-state index in [-0.39, 0.29) is 24.0 Å². The Bertz CT molecular complexity index is 502. The van der Waals surface area contributed by atoms with Gasteiger partial charge in [-0.1, -0.05) is 13.8 Å². The van der Waals surface area contributed by atoms with E-state index in [0.29, 0.717) is 24.4 Å². The molecule has 21 heavy (non-hydrogen) atoms. The van der Waals surface area contributed by atoms with E-state index in [9.17, 15) is 4.79 Å². The van der Waals surface area contributed by atoms with E-state index < -0.39 is 0 Å². The zero-order valence-electron chi connectivity index (χ0n) is 13.5. The van der Waals surface area contributed by atoms with Crippen LogP contribution in [0.5, 0.6) is 0 Å². The molecule has 0 aliphatic heterocycles. The van der Waals surface area contributed by atoms with E-state index in [0.717, 1.165) is 18.5 Å². The third-order valence-electron chi connectivity index (χ3n) is 4.05. The van der Waals surface area contributed by atoms with Gasteiger partial charge in [0.15, 0.2) is 0 Å². The summed E-state index contributed by atoms with van der Waals surface area (Å²) >= 11 is 0. The maximum Gasteiger partial charge on any atom is 0.254 e. The van der Waals surface area contributed by atoms with Gasteiger partial charge in [0.1, 0.15) is 0 Å². The fourth-order valence-electron chi connectivity index (χ4n) is 2.53. The number of hydrogen-bond acceptors (Lipinski definition) is 3. The highest BCUT2D eigenvalue weighted by molar-refractivity contribution is 5.95. The van der Waals surface area contributed by atoms with Gasteiger partial charge in [-0.3, -0.25) is 9.48 Å². The molecule has 0 saturated heterocycles. The zero-order valence-corrected chi connectivity index (χ0v) is 13.5. The molecule has 0 aromatic carbocycles. The lowest BCUT2D eigenvalue weighted by molar-refractivity contribution is 0.0927. The number of amides is 1. The largest absolute Gasteiger partial charge is 0.396 e. The number of hydrogen-bond donors (Lipinski definition) is 2. The first-order chi connectivity index (χ1) is 9.85. The van der Waals surface area contributed by atoms with Gasteiger partial charge in [0, 0.05) is 25.1 Å². The summed E-state index contributed by atoms with van der Waals surface area (Å²) in [4.78, 5) is 12.5. The van der Waals surface area contributed by atoms with E-state index in [1.165, 1.54) is 0 Å². The third kappa shape index (κ3) is 3.84. The van der Waals surface area contributed by atoms with Gasteiger partial charge in [-0.25, -0.2) is 0 Å². The molecular formula is C16H27N3O2. The Labute approximate surface area is 126 Å². The fourth-order valence-corrected chi connectivity index (χ4v) is 2.53. The van der Waals surface area contributed by atoms with Gasteiger partial charge in [-0.2, -0.15) is 5.10 Å². The van der Waals surface area contributed by atoms with Crippen LogP contribution in [0, 0.1) is 5.41 Å². The van der Waals surface area contributed by atoms with Crippen LogP contribution < -0.4 is 5.32 Å². The highest BCUT2D eigenvalue weighted by Crippen LogP contribution is 2.42. The van der Waals surface area contributed by atoms with Crippen LogP contribution in [0.25, 0.3) is 0 Å². The molecule has 1 aromatic rings. The van der Waals surface area contributed by atoms with Gasteiger partial charge in [-0.15, -0.1) is 0 Å². The van der Waals surface area contributed by atoms with Crippen molar-refractivity contribution < 1.29 is 9.90 Å². The second-order valence-corrected chi connectivity index (χ2v) is 7.08. The van der Waals surface area contributed by atoms with Gasteiger partial charge in [-0.05, 0) is 38.5 Å². The summed E-state index contributed by atoms with van der Waals surface area (Å²) in [7, 11) is 0. The predicted molar refractivity (Wildman–Crippen MR) is 82.4 cm³/mol. The third-order valence-corrected chi connectivity index (χ3v) is 4.05. The Morgan fingerprint density at radius 2 is 2.19 bits per heavy atom. The quantitative estimate of drug-likeness (QED) is 0.811. The summed E-state index contributed by atoms with van der Waals surface area (Å²) in [5.41, 5.74) is 1.70. The van der Waals surface area contributed by atoms with Crippen molar-refractivity contribution >= 4 is 5.91 Å². The maximum absolute atomic E-state index is 12.5. The minimum atomic E-state index is -0.0990. The van der Waals surface area contributed by atoms with Gasteiger partial charge in [0.2, 0.25) is 0 Å². The van der Waals surface area contributed by atoms with Crippen LogP contribution >= 0.6 is 0 Å². The van der Waals surface area contributed by atoms with Crippen molar-refractivity contribution in [2.45, 2.75) is 58.9 Å². The Kier molecular flexibility index (Phi) is 4.71. The first kappa shape index (κ1) is 16.0. The number of rotatable bonds is 7. The lowest BCUT2D eigenvalue weighted by atomic mass is 9.89. The number of nitrogens with zero attached hydrogens (tertiary/aromatic N) is 2. The monoisotopic (exact) mass is 293 g/mol. The van der Waals surface area contributed by atoms with E-state index in [1.807, 2.05) is 18.5 Å². The van der Waals surface area contributed by atoms with Crippen molar-refractivity contribution in [1.29, 1.82) is 0 Å². The zero-order chi connectivity index (χ0) is 15.6. The highest BCUT2D eigenvalue weighted by atomic mass is 16.3. The predicted octanol–water partition coefficient (Wildman–Crippen LogP) is 2.48. The molecule has 1 heterocycles. The molecule has 0 bridgehead atoms. The lowest BCUT2D eigenvalue weighted by Crippen LogP contribution is -2.34. The summed E-state index contributed by atoms with van der Waals surface area (Å²) in [5.74, 6) is 0.441. The molecule has 1 aromatic heterocycles. The number of aliphatic hydroxyl groups is 1. The fraction of sp³-hybridized carbons (Fsp3) is 0.750. The maximum atomic E-state index is 12.5. The van der Waals surface area contributed by atoms with Crippen LogP contribution in [-0.2, 0) is 0 Å². The van der Waals surface area contributed by atoms with Gasteiger partial charge >= 0.3 is 0 Å². The van der Waals surface area contributed by atoms with E-state index in [2.05, 4.69) is 24.3 Å². The van der Waals surface area contributed by atoms with Crippen LogP contribution in [-0.4, -0.2) is 33.9 Å². The summed E-state index contributed by atoms with van der Waals surface area (Å²) in [6.45, 7) is 8.96. The molecule has 1 fully saturated rings. The summed E-state index contributed by atoms with van der Waals surface area (Å²) < 4.78 is 1.98. The molecule has 2 N–H and O–H groups in total. The van der Waals surface area contributed by atoms with Crippen molar-refractivity contribution in [2.75, 3.05) is 13.2 Å². The van der Waals surface area contributed by atoms with Crippen LogP contribution in [0.2, 0.25) is 0 Å². The molecule has 1 saturated carbocycles. The number of carbonyl (C=O) groups is 1. The Balaban J connectivity index is 2.09. The molecule has 2 rings (SSSR count). The Morgan fingerprint density at radius 3 is 2.71 bits per heavy atom. The van der Waals surface area contributed by atoms with Crippen molar-refractivity contribution in [2.24, 2.45) is 5.41 Å². The molecule has 0 radical (unpaired) electrons. The molecule has 1 aliphatic rings. The number of aromatic nitrogens is 2. The molecule has 5 heteroatoms. The summed E-state index contributed by atoms with van der Waals surface area (Å²) in [6.07, 6.45) is 4.67. The molecule has 1 amide bonds. The average molecular weight is 293 g/mol. The van der Waals surface area contributed by atoms with Crippen molar-refractivity contribution in [3.05, 3.63) is 17.5 Å². The van der Waals surface area contributed by atoms with Gasteiger partial charge in [0.25, 0.3) is 5.91 Å². The number of carbonyl (C=O) groups excluding carboxylic acids is 1. The molecule has 5 nitrogen and oxygen atoms in total. The highest BCUT2D eigenvalue weighted by Gasteiger charge is 2.33. The van der Waals surface area contributed by atoms with Crippen molar-refractivity contribution in [1.82, 2.24) is 15.1 Å². The Morgan fingerprint density at radius 1 is 1.52 bits per heavy atom. The van der Waals surface area contributed by atoms with Gasteiger partial charge < -0.3 is 10.4 Å². The number of nitrogens with one attached hydrogen (secondary N) is 1. The van der Waals surface area contributed by atoms with Gasteiger partial charge in [0.05, 0.1) is 17.5 Å². The van der Waals surface area contributed by atoms with E-state index in [4.69, 9.17) is 5.11 Å². The minimum absolute atomic E-state index is 0.0465. The van der Waals surface area contributed by atoms with Crippen LogP contribution in [0.3, 0.4) is 0 Å². The van der Waals surface area contributed by atoms with Crippen molar-refractivity contribution in [3.63, 3.8) is 0 Å². The van der Waals surface area contributed by atoms with Crippen molar-refractivity contribution in [3.8, 4) is 0 Å². The molecule has 0 atom stereocenters. The van der Waals surface area contributed by atoms with E-state index >= 15 is 0 Å². The van der Waals surface area contributed by atoms with Crippen LogP contribution in [0.15, 0.2) is 6.20 Å². The first-order valence-corrected chi connectivity index (χ1v) is 7.82.